The molecule has 4 heteroatoms. The highest BCUT2D eigenvalue weighted by atomic mass is 15.3. The van der Waals surface area contributed by atoms with Crippen molar-refractivity contribution in [3.63, 3.8) is 0 Å². The molecule has 0 aromatic rings. The molecule has 3 aliphatic heterocycles. The molecule has 3 aliphatic rings. The maximum Gasteiger partial charge on any atom is 0.0359 e. The first kappa shape index (κ1) is 19.1. The van der Waals surface area contributed by atoms with Crippen molar-refractivity contribution in [3.05, 3.63) is 22.8 Å². The monoisotopic (exact) mass is 346 g/mol. The van der Waals surface area contributed by atoms with Crippen LogP contribution in [0.4, 0.5) is 0 Å². The summed E-state index contributed by atoms with van der Waals surface area (Å²) in [5.74, 6) is 0. The van der Waals surface area contributed by atoms with Gasteiger partial charge in [0, 0.05) is 50.3 Å². The van der Waals surface area contributed by atoms with Crippen LogP contribution in [0.3, 0.4) is 0 Å². The molecule has 1 saturated heterocycles. The minimum absolute atomic E-state index is 0.225. The van der Waals surface area contributed by atoms with Gasteiger partial charge in [0.05, 0.1) is 0 Å². The van der Waals surface area contributed by atoms with E-state index >= 15 is 0 Å². The average molecular weight is 347 g/mol. The highest BCUT2D eigenvalue weighted by molar-refractivity contribution is 5.29. The second-order valence-corrected chi connectivity index (χ2v) is 9.21. The Morgan fingerprint density at radius 3 is 2.64 bits per heavy atom. The van der Waals surface area contributed by atoms with Crippen LogP contribution in [-0.4, -0.2) is 86.2 Å². The average Bonchev–Trinajstić information content (AvgIpc) is 2.53. The van der Waals surface area contributed by atoms with Crippen molar-refractivity contribution >= 4 is 0 Å². The fourth-order valence-electron chi connectivity index (χ4n) is 4.97. The summed E-state index contributed by atoms with van der Waals surface area (Å²) in [6.45, 7) is 12.8. The van der Waals surface area contributed by atoms with E-state index in [2.05, 4.69) is 68.0 Å². The van der Waals surface area contributed by atoms with Gasteiger partial charge in [0.25, 0.3) is 0 Å². The van der Waals surface area contributed by atoms with Crippen molar-refractivity contribution in [2.24, 2.45) is 0 Å². The van der Waals surface area contributed by atoms with Crippen LogP contribution in [0.5, 0.6) is 0 Å². The zero-order valence-corrected chi connectivity index (χ0v) is 17.2. The van der Waals surface area contributed by atoms with Crippen LogP contribution in [0.25, 0.3) is 0 Å². The van der Waals surface area contributed by atoms with Crippen LogP contribution in [0.15, 0.2) is 22.8 Å². The van der Waals surface area contributed by atoms with Gasteiger partial charge in [-0.2, -0.15) is 0 Å². The van der Waals surface area contributed by atoms with Crippen LogP contribution < -0.4 is 5.32 Å². The van der Waals surface area contributed by atoms with Crippen molar-refractivity contribution in [1.82, 2.24) is 20.0 Å². The molecule has 25 heavy (non-hydrogen) atoms. The Kier molecular flexibility index (Phi) is 5.74. The number of likely N-dealkylation sites (N-methyl/N-ethyl adjacent to an activating group) is 3. The Morgan fingerprint density at radius 2 is 1.92 bits per heavy atom. The summed E-state index contributed by atoms with van der Waals surface area (Å²) < 4.78 is 0. The molecule has 1 N–H and O–H groups in total. The van der Waals surface area contributed by atoms with Crippen LogP contribution in [0.2, 0.25) is 0 Å². The normalized spacial score (nSPS) is 36.6. The molecular weight excluding hydrogens is 308 g/mol. The maximum absolute atomic E-state index is 3.94. The van der Waals surface area contributed by atoms with E-state index in [9.17, 15) is 0 Å². The Hall–Kier alpha value is -0.680. The molecule has 0 spiro atoms. The van der Waals surface area contributed by atoms with E-state index < -0.39 is 0 Å². The van der Waals surface area contributed by atoms with Gasteiger partial charge in [-0.05, 0) is 66.7 Å². The van der Waals surface area contributed by atoms with Crippen molar-refractivity contribution < 1.29 is 0 Å². The van der Waals surface area contributed by atoms with Crippen molar-refractivity contribution in [1.29, 1.82) is 0 Å². The molecule has 0 aromatic carbocycles. The summed E-state index contributed by atoms with van der Waals surface area (Å²) in [5.41, 5.74) is 5.03. The van der Waals surface area contributed by atoms with Crippen LogP contribution in [0.1, 0.15) is 40.0 Å². The highest BCUT2D eigenvalue weighted by Crippen LogP contribution is 2.34. The lowest BCUT2D eigenvalue weighted by molar-refractivity contribution is 0.0856. The zero-order chi connectivity index (χ0) is 18.2. The van der Waals surface area contributed by atoms with E-state index in [1.165, 1.54) is 38.9 Å². The van der Waals surface area contributed by atoms with Gasteiger partial charge in [-0.15, -0.1) is 0 Å². The van der Waals surface area contributed by atoms with Crippen LogP contribution in [-0.2, 0) is 0 Å². The third-order valence-electron chi connectivity index (χ3n) is 6.75. The van der Waals surface area contributed by atoms with E-state index in [1.807, 2.05) is 0 Å². The summed E-state index contributed by atoms with van der Waals surface area (Å²) in [7, 11) is 6.83. The Labute approximate surface area is 154 Å². The largest absolute Gasteiger partial charge is 0.307 e. The molecule has 3 rings (SSSR count). The lowest BCUT2D eigenvalue weighted by atomic mass is 9.79. The molecule has 0 radical (unpaired) electrons. The Balaban J connectivity index is 1.69. The van der Waals surface area contributed by atoms with Gasteiger partial charge in [0.15, 0.2) is 0 Å². The first-order valence-corrected chi connectivity index (χ1v) is 9.95. The third kappa shape index (κ3) is 4.36. The maximum atomic E-state index is 3.94. The van der Waals surface area contributed by atoms with Crippen LogP contribution >= 0.6 is 0 Å². The van der Waals surface area contributed by atoms with Gasteiger partial charge >= 0.3 is 0 Å². The van der Waals surface area contributed by atoms with E-state index in [0.29, 0.717) is 12.1 Å². The van der Waals surface area contributed by atoms with Gasteiger partial charge in [0.1, 0.15) is 0 Å². The molecule has 3 unspecified atom stereocenters. The fourth-order valence-corrected chi connectivity index (χ4v) is 4.97. The standard InChI is InChI=1S/C21H38N4/c1-16-7-8-25(6)20(11-16)19-14-22-21(3,12-17(19)2)13-18-15-23(4)9-10-24(18)5/h7,18,20,22H,8-15H2,1-6H3. The molecule has 4 nitrogen and oxygen atoms in total. The number of piperazine rings is 1. The summed E-state index contributed by atoms with van der Waals surface area (Å²) >= 11 is 0. The molecule has 3 heterocycles. The zero-order valence-electron chi connectivity index (χ0n) is 17.2. The summed E-state index contributed by atoms with van der Waals surface area (Å²) in [6.07, 6.45) is 5.99. The van der Waals surface area contributed by atoms with E-state index in [4.69, 9.17) is 0 Å². The first-order chi connectivity index (χ1) is 11.8. The molecular formula is C21H38N4. The number of nitrogens with one attached hydrogen (secondary N) is 1. The van der Waals surface area contributed by atoms with Crippen molar-refractivity contribution in [2.75, 3.05) is 53.9 Å². The summed E-state index contributed by atoms with van der Waals surface area (Å²) in [4.78, 5) is 7.56. The molecule has 3 atom stereocenters. The summed E-state index contributed by atoms with van der Waals surface area (Å²) in [6, 6.07) is 1.25. The predicted octanol–water partition coefficient (Wildman–Crippen LogP) is 2.34. The SMILES string of the molecule is CC1=CCN(C)C(C2=C(C)CC(C)(CC3CN(C)CCN3C)NC2)C1. The molecule has 0 bridgehead atoms. The molecule has 1 fully saturated rings. The number of hydrogen-bond acceptors (Lipinski definition) is 4. The second-order valence-electron chi connectivity index (χ2n) is 9.21. The van der Waals surface area contributed by atoms with Gasteiger partial charge in [-0.25, -0.2) is 0 Å². The smallest absolute Gasteiger partial charge is 0.0359 e. The van der Waals surface area contributed by atoms with Crippen molar-refractivity contribution in [2.45, 2.75) is 57.7 Å². The quantitative estimate of drug-likeness (QED) is 0.792. The van der Waals surface area contributed by atoms with E-state index in [1.54, 1.807) is 16.7 Å². The highest BCUT2D eigenvalue weighted by Gasteiger charge is 2.37. The van der Waals surface area contributed by atoms with E-state index in [0.717, 1.165) is 13.1 Å². The van der Waals surface area contributed by atoms with Gasteiger partial charge < -0.3 is 15.1 Å². The lowest BCUT2D eigenvalue weighted by Gasteiger charge is -2.46. The Bertz CT molecular complexity index is 552. The molecule has 142 valence electrons. The predicted molar refractivity (Wildman–Crippen MR) is 107 cm³/mol. The molecule has 0 saturated carbocycles. The van der Waals surface area contributed by atoms with Crippen molar-refractivity contribution in [3.8, 4) is 0 Å². The summed E-state index contributed by atoms with van der Waals surface area (Å²) in [5, 5.41) is 3.94. The first-order valence-electron chi connectivity index (χ1n) is 9.95. The number of nitrogens with zero attached hydrogens (tertiary/aromatic N) is 3. The minimum atomic E-state index is 0.225. The fraction of sp³-hybridized carbons (Fsp3) is 0.810. The number of rotatable bonds is 3. The minimum Gasteiger partial charge on any atom is -0.307 e. The lowest BCUT2D eigenvalue weighted by Crippen LogP contribution is -2.57. The second kappa shape index (κ2) is 7.51. The van der Waals surface area contributed by atoms with Gasteiger partial charge in [0.2, 0.25) is 0 Å². The Morgan fingerprint density at radius 1 is 1.16 bits per heavy atom. The topological polar surface area (TPSA) is 21.8 Å². The third-order valence-corrected chi connectivity index (χ3v) is 6.75. The van der Waals surface area contributed by atoms with Gasteiger partial charge in [-0.1, -0.05) is 17.2 Å². The molecule has 0 aromatic heterocycles. The molecule has 0 amide bonds. The van der Waals surface area contributed by atoms with Crippen LogP contribution in [0, 0.1) is 0 Å². The van der Waals surface area contributed by atoms with E-state index in [-0.39, 0.29) is 5.54 Å². The molecule has 0 aliphatic carbocycles. The number of hydrogen-bond donors (Lipinski definition) is 1. The van der Waals surface area contributed by atoms with Gasteiger partial charge in [-0.3, -0.25) is 4.90 Å².